The Morgan fingerprint density at radius 1 is 1.00 bits per heavy atom. The van der Waals surface area contributed by atoms with Crippen LogP contribution in [0.15, 0.2) is 0 Å². The van der Waals surface area contributed by atoms with Crippen LogP contribution >= 0.6 is 0 Å². The van der Waals surface area contributed by atoms with Crippen molar-refractivity contribution in [1.29, 1.82) is 0 Å². The second kappa shape index (κ2) is 22.6. The van der Waals surface area contributed by atoms with Gasteiger partial charge in [0.05, 0.1) is 5.97 Å². The molecule has 0 aliphatic rings. The number of carbonyl (C=O) groups is 3. The van der Waals surface area contributed by atoms with Gasteiger partial charge < -0.3 is 30.6 Å². The van der Waals surface area contributed by atoms with E-state index in [2.05, 4.69) is 6.92 Å². The third-order valence-electron chi connectivity index (χ3n) is 2.46. The zero-order valence-electron chi connectivity index (χ0n) is 13.8. The van der Waals surface area contributed by atoms with Crippen LogP contribution in [0.1, 0.15) is 58.3 Å². The maximum Gasteiger partial charge on any atom is 1.00 e. The first-order valence-electron chi connectivity index (χ1n) is 6.69. The van der Waals surface area contributed by atoms with Crippen LogP contribution in [0.3, 0.4) is 0 Å². The number of hydrogen-bond acceptors (Lipinski definition) is 6. The molecule has 0 bridgehead atoms. The van der Waals surface area contributed by atoms with E-state index in [4.69, 9.17) is 10.8 Å². The molecule has 0 rings (SSSR count). The summed E-state index contributed by atoms with van der Waals surface area (Å²) >= 11 is 0. The fraction of sp³-hybridized carbons (Fsp3) is 0.769. The van der Waals surface area contributed by atoms with Crippen LogP contribution in [0.25, 0.3) is 0 Å². The summed E-state index contributed by atoms with van der Waals surface area (Å²) in [5, 5.41) is 27.9. The first-order valence-corrected chi connectivity index (χ1v) is 6.69. The predicted octanol–water partition coefficient (Wildman–Crippen LogP) is -6.97. The van der Waals surface area contributed by atoms with Crippen molar-refractivity contribution in [3.05, 3.63) is 0 Å². The molecule has 0 fully saturated rings. The summed E-state index contributed by atoms with van der Waals surface area (Å²) in [6, 6.07) is -1.21. The Hall–Kier alpha value is 1.64. The number of unbranched alkanes of at least 4 members (excludes halogenated alkanes) is 4. The molecule has 0 saturated heterocycles. The number of carboxylic acid groups (broad SMARTS) is 3. The Kier molecular flexibility index (Phi) is 32.3. The molecular weight excluding hydrogens is 344 g/mol. The quantitative estimate of drug-likeness (QED) is 0.288. The van der Waals surface area contributed by atoms with Gasteiger partial charge in [0.25, 0.3) is 0 Å². The molecule has 0 aromatic carbocycles. The minimum atomic E-state index is -1.44. The number of carbonyl (C=O) groups excluding carboxylic acids is 2. The van der Waals surface area contributed by atoms with E-state index in [1.54, 1.807) is 0 Å². The van der Waals surface area contributed by atoms with E-state index in [0.717, 1.165) is 12.8 Å². The van der Waals surface area contributed by atoms with Gasteiger partial charge in [-0.25, -0.2) is 0 Å². The van der Waals surface area contributed by atoms with E-state index in [1.807, 2.05) is 0 Å². The fourth-order valence-electron chi connectivity index (χ4n) is 1.27. The molecule has 0 heterocycles. The minimum absolute atomic E-state index is 0. The van der Waals surface area contributed by atoms with Gasteiger partial charge >= 0.3 is 109 Å². The van der Waals surface area contributed by atoms with Gasteiger partial charge in [0.2, 0.25) is 0 Å². The van der Waals surface area contributed by atoms with Crippen LogP contribution in [0.5, 0.6) is 0 Å². The van der Waals surface area contributed by atoms with Gasteiger partial charge in [-0.3, -0.25) is 4.79 Å². The Labute approximate surface area is 216 Å². The molecule has 7 nitrogen and oxygen atoms in total. The van der Waals surface area contributed by atoms with Crippen LogP contribution in [-0.2, 0) is 14.4 Å². The Morgan fingerprint density at radius 3 is 1.86 bits per heavy atom. The summed E-state index contributed by atoms with van der Waals surface area (Å²) in [6.45, 7) is 2.15. The molecule has 1 atom stereocenters. The molecule has 0 aliphatic heterocycles. The van der Waals surface area contributed by atoms with Gasteiger partial charge in [-0.1, -0.05) is 32.6 Å². The average molecular weight is 368 g/mol. The maximum absolute atomic E-state index is 10.0. The van der Waals surface area contributed by atoms with Crippen LogP contribution in [0.2, 0.25) is 0 Å². The Bertz CT molecular complexity index is 302. The molecule has 3 N–H and O–H groups in total. The third kappa shape index (κ3) is 29.6. The van der Waals surface area contributed by atoms with Crippen LogP contribution in [-0.4, -0.2) is 29.1 Å². The molecule has 9 heteroatoms. The number of rotatable bonds is 10. The van der Waals surface area contributed by atoms with E-state index in [9.17, 15) is 24.6 Å². The summed E-state index contributed by atoms with van der Waals surface area (Å²) in [7, 11) is 0. The van der Waals surface area contributed by atoms with Crippen LogP contribution in [0.4, 0.5) is 0 Å². The number of hydrogen-bond donors (Lipinski definition) is 2. The smallest absolute Gasteiger partial charge is 0.550 e. The van der Waals surface area contributed by atoms with Crippen molar-refractivity contribution < 1.29 is 132 Å². The molecule has 0 saturated carbocycles. The molecule has 0 spiro atoms. The monoisotopic (exact) mass is 367 g/mol. The first kappa shape index (κ1) is 31.4. The van der Waals surface area contributed by atoms with Gasteiger partial charge in [0, 0.05) is 18.4 Å². The van der Waals surface area contributed by atoms with Gasteiger partial charge in [-0.05, 0) is 19.3 Å². The van der Waals surface area contributed by atoms with Gasteiger partial charge in [0.1, 0.15) is 0 Å². The van der Waals surface area contributed by atoms with Crippen LogP contribution < -0.4 is 119 Å². The molecule has 0 amide bonds. The Balaban J connectivity index is -0.000000135. The summed E-state index contributed by atoms with van der Waals surface area (Å²) in [4.78, 5) is 29.6. The van der Waals surface area contributed by atoms with Gasteiger partial charge in [-0.15, -0.1) is 0 Å². The van der Waals surface area contributed by atoms with E-state index >= 15 is 0 Å². The first-order chi connectivity index (χ1) is 9.31. The predicted molar refractivity (Wildman–Crippen MR) is 68.2 cm³/mol. The molecule has 1 unspecified atom stereocenters. The van der Waals surface area contributed by atoms with Crippen molar-refractivity contribution in [3.8, 4) is 0 Å². The van der Waals surface area contributed by atoms with Crippen molar-refractivity contribution in [2.24, 2.45) is 5.73 Å². The summed E-state index contributed by atoms with van der Waals surface area (Å²) in [5.74, 6) is -3.42. The molecule has 22 heavy (non-hydrogen) atoms. The van der Waals surface area contributed by atoms with Gasteiger partial charge in [-0.2, -0.15) is 0 Å². The van der Waals surface area contributed by atoms with E-state index in [-0.39, 0.29) is 116 Å². The molecule has 0 aromatic rings. The van der Waals surface area contributed by atoms with Crippen molar-refractivity contribution in [1.82, 2.24) is 0 Å². The topological polar surface area (TPSA) is 144 Å². The second-order valence-electron chi connectivity index (χ2n) is 4.39. The van der Waals surface area contributed by atoms with Crippen molar-refractivity contribution in [3.63, 3.8) is 0 Å². The zero-order chi connectivity index (χ0) is 16.0. The average Bonchev–Trinajstić information content (AvgIpc) is 2.36. The molecule has 0 aromatic heterocycles. The van der Waals surface area contributed by atoms with Crippen LogP contribution in [0, 0.1) is 0 Å². The molecule has 0 radical (unpaired) electrons. The molecular formula is C13H23K2NO6. The number of nitrogens with two attached hydrogens (primary N) is 1. The standard InChI is InChI=1S/C8H16O2.C5H9NO4.2K/c1-2-3-4-5-6-7-8(9)10;6-3(5(9)10)1-2-4(7)8;;/h2-7H2,1H3,(H,9,10);3H,1-2,6H2,(H,7,8)(H,9,10);;/q;;2*+1/p-2. The maximum atomic E-state index is 10.0. The molecule has 118 valence electrons. The number of aliphatic carboxylic acids is 3. The summed E-state index contributed by atoms with van der Waals surface area (Å²) in [5.41, 5.74) is 4.91. The summed E-state index contributed by atoms with van der Waals surface area (Å²) < 4.78 is 0. The fourth-order valence-corrected chi connectivity index (χ4v) is 1.27. The van der Waals surface area contributed by atoms with E-state index < -0.39 is 23.9 Å². The van der Waals surface area contributed by atoms with Gasteiger partial charge in [0.15, 0.2) is 0 Å². The van der Waals surface area contributed by atoms with E-state index in [0.29, 0.717) is 6.42 Å². The second-order valence-corrected chi connectivity index (χ2v) is 4.39. The zero-order valence-corrected chi connectivity index (χ0v) is 20.0. The van der Waals surface area contributed by atoms with Crippen molar-refractivity contribution in [2.45, 2.75) is 64.3 Å². The SMILES string of the molecule is CCCCCCCC(=O)O.NC(CCC(=O)[O-])C(=O)[O-].[K+].[K+]. The van der Waals surface area contributed by atoms with Crippen molar-refractivity contribution in [2.75, 3.05) is 0 Å². The van der Waals surface area contributed by atoms with Crippen molar-refractivity contribution >= 4 is 17.9 Å². The minimum Gasteiger partial charge on any atom is -0.550 e. The Morgan fingerprint density at radius 2 is 1.50 bits per heavy atom. The third-order valence-corrected chi connectivity index (χ3v) is 2.46. The summed E-state index contributed by atoms with van der Waals surface area (Å²) in [6.07, 6.45) is 5.38. The largest absolute Gasteiger partial charge is 1.00 e. The molecule has 0 aliphatic carbocycles. The number of carboxylic acids is 3. The van der Waals surface area contributed by atoms with E-state index in [1.165, 1.54) is 19.3 Å². The normalized spacial score (nSPS) is 10.1.